The van der Waals surface area contributed by atoms with E-state index in [1.807, 2.05) is 18.2 Å². The molecule has 5 rings (SSSR count). The van der Waals surface area contributed by atoms with Gasteiger partial charge in [-0.05, 0) is 23.3 Å². The van der Waals surface area contributed by atoms with Crippen LogP contribution in [0.25, 0.3) is 0 Å². The number of anilines is 2. The van der Waals surface area contributed by atoms with Crippen molar-refractivity contribution in [2.45, 2.75) is 31.8 Å². The van der Waals surface area contributed by atoms with Crippen molar-refractivity contribution < 1.29 is 14.0 Å². The minimum Gasteiger partial charge on any atom is -0.326 e. The van der Waals surface area contributed by atoms with Crippen molar-refractivity contribution in [2.24, 2.45) is 0 Å². The Bertz CT molecular complexity index is 1150. The minimum atomic E-state index is -0.667. The molecule has 0 saturated carbocycles. The van der Waals surface area contributed by atoms with E-state index in [1.54, 1.807) is 6.07 Å². The normalized spacial score (nSPS) is 18.1. The first-order valence-corrected chi connectivity index (χ1v) is 11.0. The summed E-state index contributed by atoms with van der Waals surface area (Å²) >= 11 is 1.48. The van der Waals surface area contributed by atoms with Crippen LogP contribution in [0.2, 0.25) is 0 Å². The van der Waals surface area contributed by atoms with Crippen LogP contribution in [0.4, 0.5) is 15.2 Å². The smallest absolute Gasteiger partial charge is 0.234 e. The molecule has 0 fully saturated rings. The van der Waals surface area contributed by atoms with Crippen molar-refractivity contribution in [1.29, 1.82) is 0 Å². The quantitative estimate of drug-likeness (QED) is 0.651. The number of benzene rings is 2. The molecule has 1 atom stereocenters. The fourth-order valence-corrected chi connectivity index (χ4v) is 5.20. The van der Waals surface area contributed by atoms with E-state index < -0.39 is 11.7 Å². The monoisotopic (exact) mass is 436 g/mol. The number of hydrogen-bond acceptors (Lipinski definition) is 5. The van der Waals surface area contributed by atoms with Crippen LogP contribution in [0.1, 0.15) is 34.0 Å². The molecule has 158 valence electrons. The lowest BCUT2D eigenvalue weighted by molar-refractivity contribution is -0.123. The molecule has 3 aromatic rings. The van der Waals surface area contributed by atoms with Crippen molar-refractivity contribution in [3.63, 3.8) is 0 Å². The van der Waals surface area contributed by atoms with Gasteiger partial charge in [-0.3, -0.25) is 14.5 Å². The Labute approximate surface area is 183 Å². The topological polar surface area (TPSA) is 74.3 Å². The number of carbonyl (C=O) groups excluding carboxylic acids is 2. The molecule has 2 N–H and O–H groups in total. The van der Waals surface area contributed by atoms with Crippen molar-refractivity contribution in [1.82, 2.24) is 9.88 Å². The van der Waals surface area contributed by atoms with Gasteiger partial charge >= 0.3 is 0 Å². The summed E-state index contributed by atoms with van der Waals surface area (Å²) in [6.07, 6.45) is 0.864. The second-order valence-electron chi connectivity index (χ2n) is 7.86. The van der Waals surface area contributed by atoms with Crippen LogP contribution in [0.3, 0.4) is 0 Å². The van der Waals surface area contributed by atoms with Crippen molar-refractivity contribution in [2.75, 3.05) is 17.2 Å². The van der Waals surface area contributed by atoms with Gasteiger partial charge in [0.05, 0.1) is 11.6 Å². The largest absolute Gasteiger partial charge is 0.326 e. The van der Waals surface area contributed by atoms with Gasteiger partial charge in [0.2, 0.25) is 11.8 Å². The number of aromatic nitrogens is 1. The van der Waals surface area contributed by atoms with E-state index in [0.717, 1.165) is 36.6 Å². The number of rotatable bonds is 4. The number of fused-ring (bicyclic) bond motifs is 2. The van der Waals surface area contributed by atoms with Crippen LogP contribution in [-0.4, -0.2) is 28.2 Å². The lowest BCUT2D eigenvalue weighted by Crippen LogP contribution is -2.30. The maximum absolute atomic E-state index is 13.5. The zero-order valence-electron chi connectivity index (χ0n) is 16.7. The number of halogens is 1. The molecule has 2 amide bonds. The highest BCUT2D eigenvalue weighted by Crippen LogP contribution is 2.35. The lowest BCUT2D eigenvalue weighted by Gasteiger charge is -2.25. The molecular formula is C23H21FN4O2S. The third-order valence-electron chi connectivity index (χ3n) is 5.66. The molecule has 0 radical (unpaired) electrons. The average Bonchev–Trinajstić information content (AvgIpc) is 3.15. The molecule has 31 heavy (non-hydrogen) atoms. The van der Waals surface area contributed by atoms with E-state index in [0.29, 0.717) is 16.4 Å². The molecule has 2 aliphatic rings. The Morgan fingerprint density at radius 1 is 1.26 bits per heavy atom. The predicted molar refractivity (Wildman–Crippen MR) is 117 cm³/mol. The first kappa shape index (κ1) is 19.8. The molecule has 0 spiro atoms. The first-order valence-electron chi connectivity index (χ1n) is 10.2. The Balaban J connectivity index is 1.29. The van der Waals surface area contributed by atoms with Crippen molar-refractivity contribution in [3.05, 3.63) is 76.0 Å². The van der Waals surface area contributed by atoms with Gasteiger partial charge < -0.3 is 10.6 Å². The Morgan fingerprint density at radius 3 is 2.94 bits per heavy atom. The fourth-order valence-electron chi connectivity index (χ4n) is 4.14. The Morgan fingerprint density at radius 2 is 2.10 bits per heavy atom. The fraction of sp³-hybridized carbons (Fsp3) is 0.261. The molecule has 0 aliphatic carbocycles. The van der Waals surface area contributed by atoms with E-state index in [4.69, 9.17) is 0 Å². The van der Waals surface area contributed by atoms with E-state index in [2.05, 4.69) is 32.7 Å². The second kappa shape index (κ2) is 8.20. The van der Waals surface area contributed by atoms with Gasteiger partial charge in [0, 0.05) is 43.0 Å². The number of amides is 2. The number of carbonyl (C=O) groups is 2. The zero-order valence-corrected chi connectivity index (χ0v) is 17.5. The first-order chi connectivity index (χ1) is 15.0. The number of nitrogens with one attached hydrogen (secondary N) is 2. The standard InChI is InChI=1S/C23H21FN4O2S/c24-15-6-7-16-17(11-21(29)25-19(16)10-15)22(30)27-23-26-18-8-9-28(13-20(18)31-23)12-14-4-2-1-3-5-14/h1-7,10,17H,8-9,11-13H2,(H,25,29)(H,26,27,30)/t17-/m1/s1. The van der Waals surface area contributed by atoms with Crippen LogP contribution < -0.4 is 10.6 Å². The molecular weight excluding hydrogens is 415 g/mol. The van der Waals surface area contributed by atoms with E-state index in [9.17, 15) is 14.0 Å². The molecule has 6 nitrogen and oxygen atoms in total. The SMILES string of the molecule is O=C1C[C@@H](C(=O)Nc2nc3c(s2)CN(Cc2ccccc2)CC3)c2ccc(F)cc2N1. The molecule has 8 heteroatoms. The van der Waals surface area contributed by atoms with E-state index in [1.165, 1.54) is 29.0 Å². The van der Waals surface area contributed by atoms with Gasteiger partial charge in [0.15, 0.2) is 5.13 Å². The van der Waals surface area contributed by atoms with Gasteiger partial charge in [0.25, 0.3) is 0 Å². The van der Waals surface area contributed by atoms with Gasteiger partial charge in [0.1, 0.15) is 5.82 Å². The maximum atomic E-state index is 13.5. The summed E-state index contributed by atoms with van der Waals surface area (Å²) in [5.74, 6) is -1.71. The summed E-state index contributed by atoms with van der Waals surface area (Å²) in [6, 6.07) is 14.5. The third-order valence-corrected chi connectivity index (χ3v) is 6.66. The summed E-state index contributed by atoms with van der Waals surface area (Å²) in [4.78, 5) is 33.1. The lowest BCUT2D eigenvalue weighted by atomic mass is 9.90. The highest BCUT2D eigenvalue weighted by molar-refractivity contribution is 7.15. The molecule has 0 bridgehead atoms. The molecule has 2 aromatic carbocycles. The van der Waals surface area contributed by atoms with Crippen LogP contribution >= 0.6 is 11.3 Å². The van der Waals surface area contributed by atoms with Gasteiger partial charge in [-0.1, -0.05) is 36.4 Å². The third kappa shape index (κ3) is 4.22. The van der Waals surface area contributed by atoms with Gasteiger partial charge in [-0.2, -0.15) is 0 Å². The van der Waals surface area contributed by atoms with Crippen molar-refractivity contribution in [3.8, 4) is 0 Å². The van der Waals surface area contributed by atoms with Gasteiger partial charge in [-0.15, -0.1) is 11.3 Å². The Hall–Kier alpha value is -3.10. The maximum Gasteiger partial charge on any atom is 0.234 e. The summed E-state index contributed by atoms with van der Waals surface area (Å²) in [7, 11) is 0. The van der Waals surface area contributed by atoms with Crippen LogP contribution in [0.5, 0.6) is 0 Å². The van der Waals surface area contributed by atoms with E-state index >= 15 is 0 Å². The van der Waals surface area contributed by atoms with Crippen molar-refractivity contribution >= 4 is 34.0 Å². The molecule has 0 saturated heterocycles. The zero-order chi connectivity index (χ0) is 21.4. The highest BCUT2D eigenvalue weighted by atomic mass is 32.1. The number of thiazole rings is 1. The number of nitrogens with zero attached hydrogens (tertiary/aromatic N) is 2. The second-order valence-corrected chi connectivity index (χ2v) is 8.94. The highest BCUT2D eigenvalue weighted by Gasteiger charge is 2.32. The van der Waals surface area contributed by atoms with Crippen LogP contribution in [0.15, 0.2) is 48.5 Å². The van der Waals surface area contributed by atoms with Crippen LogP contribution in [0, 0.1) is 5.82 Å². The molecule has 0 unspecified atom stereocenters. The predicted octanol–water partition coefficient (Wildman–Crippen LogP) is 3.91. The summed E-state index contributed by atoms with van der Waals surface area (Å²) < 4.78 is 13.5. The Kier molecular flexibility index (Phi) is 5.25. The summed E-state index contributed by atoms with van der Waals surface area (Å²) in [5, 5.41) is 6.07. The molecule has 2 aliphatic heterocycles. The summed E-state index contributed by atoms with van der Waals surface area (Å²) in [6.45, 7) is 2.59. The molecule has 3 heterocycles. The summed E-state index contributed by atoms with van der Waals surface area (Å²) in [5.41, 5.74) is 3.27. The van der Waals surface area contributed by atoms with Gasteiger partial charge in [-0.25, -0.2) is 9.37 Å². The average molecular weight is 437 g/mol. The minimum absolute atomic E-state index is 0.0282. The van der Waals surface area contributed by atoms with Crippen LogP contribution in [-0.2, 0) is 29.1 Å². The molecule has 1 aromatic heterocycles. The van der Waals surface area contributed by atoms with E-state index in [-0.39, 0.29) is 18.2 Å². The number of hydrogen-bond donors (Lipinski definition) is 2.